The number of piperidine rings is 1. The first kappa shape index (κ1) is 12.5. The maximum Gasteiger partial charge on any atom is 0.0408 e. The van der Waals surface area contributed by atoms with Crippen LogP contribution in [0.5, 0.6) is 0 Å². The highest BCUT2D eigenvalue weighted by Gasteiger charge is 2.40. The monoisotopic (exact) mass is 263 g/mol. The SMILES string of the molecule is CC(C)N1CCC2(CC1)Cc1ccc(Cl)cc1C2. The molecule has 3 rings (SSSR count). The van der Waals surface area contributed by atoms with E-state index in [9.17, 15) is 0 Å². The first-order valence-corrected chi connectivity index (χ1v) is 7.47. The van der Waals surface area contributed by atoms with E-state index < -0.39 is 0 Å². The largest absolute Gasteiger partial charge is 0.301 e. The van der Waals surface area contributed by atoms with Crippen molar-refractivity contribution in [3.05, 3.63) is 34.3 Å². The molecule has 0 bridgehead atoms. The summed E-state index contributed by atoms with van der Waals surface area (Å²) < 4.78 is 0. The molecule has 1 nitrogen and oxygen atoms in total. The molecule has 2 aliphatic rings. The van der Waals surface area contributed by atoms with Gasteiger partial charge in [-0.3, -0.25) is 0 Å². The van der Waals surface area contributed by atoms with Gasteiger partial charge in [0, 0.05) is 11.1 Å². The maximum atomic E-state index is 6.11. The van der Waals surface area contributed by atoms with Gasteiger partial charge in [0.1, 0.15) is 0 Å². The lowest BCUT2D eigenvalue weighted by Crippen LogP contribution is -2.43. The first-order chi connectivity index (χ1) is 8.58. The van der Waals surface area contributed by atoms with Crippen LogP contribution in [0.2, 0.25) is 5.02 Å². The van der Waals surface area contributed by atoms with Crippen molar-refractivity contribution < 1.29 is 0 Å². The lowest BCUT2D eigenvalue weighted by Gasteiger charge is -2.41. The fourth-order valence-electron chi connectivity index (χ4n) is 3.67. The molecule has 2 heteroatoms. The summed E-state index contributed by atoms with van der Waals surface area (Å²) in [6.07, 6.45) is 5.20. The molecule has 98 valence electrons. The van der Waals surface area contributed by atoms with Crippen LogP contribution in [0.25, 0.3) is 0 Å². The maximum absolute atomic E-state index is 6.11. The molecule has 1 heterocycles. The fraction of sp³-hybridized carbons (Fsp3) is 0.625. The number of halogens is 1. The number of rotatable bonds is 1. The van der Waals surface area contributed by atoms with Crippen molar-refractivity contribution >= 4 is 11.6 Å². The van der Waals surface area contributed by atoms with E-state index in [0.717, 1.165) is 5.02 Å². The van der Waals surface area contributed by atoms with Gasteiger partial charge in [0.2, 0.25) is 0 Å². The Morgan fingerprint density at radius 2 is 1.78 bits per heavy atom. The number of benzene rings is 1. The van der Waals surface area contributed by atoms with E-state index in [1.807, 2.05) is 6.07 Å². The average Bonchev–Trinajstić information content (AvgIpc) is 2.66. The van der Waals surface area contributed by atoms with E-state index in [1.54, 1.807) is 0 Å². The summed E-state index contributed by atoms with van der Waals surface area (Å²) in [5.74, 6) is 0. The number of likely N-dealkylation sites (tertiary alicyclic amines) is 1. The molecule has 0 aromatic heterocycles. The van der Waals surface area contributed by atoms with Gasteiger partial charge in [0.15, 0.2) is 0 Å². The molecular formula is C16H22ClN. The summed E-state index contributed by atoms with van der Waals surface area (Å²) in [7, 11) is 0. The van der Waals surface area contributed by atoms with Crippen LogP contribution in [0.3, 0.4) is 0 Å². The topological polar surface area (TPSA) is 3.24 Å². The van der Waals surface area contributed by atoms with Crippen LogP contribution in [0.4, 0.5) is 0 Å². The standard InChI is InChI=1S/C16H22ClN/c1-12(2)18-7-5-16(6-8-18)10-13-3-4-15(17)9-14(13)11-16/h3-4,9,12H,5-8,10-11H2,1-2H3. The summed E-state index contributed by atoms with van der Waals surface area (Å²) in [6.45, 7) is 7.14. The predicted octanol–water partition coefficient (Wildman–Crippen LogP) is 3.93. The molecule has 1 saturated heterocycles. The van der Waals surface area contributed by atoms with Gasteiger partial charge in [0.05, 0.1) is 0 Å². The first-order valence-electron chi connectivity index (χ1n) is 7.09. The second kappa shape index (κ2) is 4.54. The number of hydrogen-bond acceptors (Lipinski definition) is 1. The van der Waals surface area contributed by atoms with E-state index in [4.69, 9.17) is 11.6 Å². The Bertz CT molecular complexity index is 444. The molecule has 0 N–H and O–H groups in total. The van der Waals surface area contributed by atoms with Crippen LogP contribution < -0.4 is 0 Å². The third-order valence-electron chi connectivity index (χ3n) is 4.89. The fourth-order valence-corrected chi connectivity index (χ4v) is 3.87. The normalized spacial score (nSPS) is 22.7. The predicted molar refractivity (Wildman–Crippen MR) is 77.2 cm³/mol. The molecule has 1 aliphatic heterocycles. The quantitative estimate of drug-likeness (QED) is 0.742. The highest BCUT2D eigenvalue weighted by atomic mass is 35.5. The van der Waals surface area contributed by atoms with Crippen LogP contribution in [0.1, 0.15) is 37.8 Å². The Labute approximate surface area is 115 Å². The molecule has 1 aromatic rings. The van der Waals surface area contributed by atoms with Crippen LogP contribution >= 0.6 is 11.6 Å². The van der Waals surface area contributed by atoms with Crippen molar-refractivity contribution in [2.24, 2.45) is 5.41 Å². The summed E-state index contributed by atoms with van der Waals surface area (Å²) in [5.41, 5.74) is 3.58. The zero-order valence-corrected chi connectivity index (χ0v) is 12.1. The smallest absolute Gasteiger partial charge is 0.0408 e. The van der Waals surface area contributed by atoms with Crippen LogP contribution in [-0.2, 0) is 12.8 Å². The number of fused-ring (bicyclic) bond motifs is 1. The lowest BCUT2D eigenvalue weighted by molar-refractivity contribution is 0.0895. The molecule has 0 atom stereocenters. The summed E-state index contributed by atoms with van der Waals surface area (Å²) in [4.78, 5) is 2.61. The molecule has 1 aliphatic carbocycles. The second-order valence-electron chi connectivity index (χ2n) is 6.40. The van der Waals surface area contributed by atoms with E-state index in [-0.39, 0.29) is 0 Å². The van der Waals surface area contributed by atoms with Gasteiger partial charge in [-0.1, -0.05) is 17.7 Å². The Kier molecular flexibility index (Phi) is 3.15. The Hall–Kier alpha value is -0.530. The average molecular weight is 264 g/mol. The Morgan fingerprint density at radius 3 is 2.44 bits per heavy atom. The zero-order valence-electron chi connectivity index (χ0n) is 11.4. The Morgan fingerprint density at radius 1 is 1.11 bits per heavy atom. The van der Waals surface area contributed by atoms with Crippen molar-refractivity contribution in [2.45, 2.75) is 45.6 Å². The zero-order chi connectivity index (χ0) is 12.8. The summed E-state index contributed by atoms with van der Waals surface area (Å²) in [5, 5.41) is 0.894. The molecule has 1 fully saturated rings. The van der Waals surface area contributed by atoms with Gasteiger partial charge in [0.25, 0.3) is 0 Å². The minimum absolute atomic E-state index is 0.540. The van der Waals surface area contributed by atoms with Gasteiger partial charge in [-0.2, -0.15) is 0 Å². The van der Waals surface area contributed by atoms with Gasteiger partial charge in [-0.05, 0) is 81.3 Å². The third-order valence-corrected chi connectivity index (χ3v) is 5.12. The lowest BCUT2D eigenvalue weighted by atomic mass is 9.76. The van der Waals surface area contributed by atoms with Crippen LogP contribution in [-0.4, -0.2) is 24.0 Å². The van der Waals surface area contributed by atoms with E-state index in [2.05, 4.69) is 30.9 Å². The number of nitrogens with zero attached hydrogens (tertiary/aromatic N) is 1. The van der Waals surface area contributed by atoms with Gasteiger partial charge < -0.3 is 4.90 Å². The minimum Gasteiger partial charge on any atom is -0.301 e. The highest BCUT2D eigenvalue weighted by Crippen LogP contribution is 2.45. The van der Waals surface area contributed by atoms with Gasteiger partial charge in [-0.25, -0.2) is 0 Å². The van der Waals surface area contributed by atoms with Crippen molar-refractivity contribution in [3.63, 3.8) is 0 Å². The van der Waals surface area contributed by atoms with E-state index in [1.165, 1.54) is 49.9 Å². The van der Waals surface area contributed by atoms with Crippen LogP contribution in [0.15, 0.2) is 18.2 Å². The van der Waals surface area contributed by atoms with E-state index >= 15 is 0 Å². The minimum atomic E-state index is 0.540. The third kappa shape index (κ3) is 2.19. The Balaban J connectivity index is 1.74. The molecule has 1 spiro atoms. The molecule has 0 amide bonds. The van der Waals surface area contributed by atoms with Gasteiger partial charge >= 0.3 is 0 Å². The van der Waals surface area contributed by atoms with Crippen molar-refractivity contribution in [3.8, 4) is 0 Å². The molecule has 18 heavy (non-hydrogen) atoms. The molecule has 0 saturated carbocycles. The summed E-state index contributed by atoms with van der Waals surface area (Å²) >= 11 is 6.11. The van der Waals surface area contributed by atoms with Gasteiger partial charge in [-0.15, -0.1) is 0 Å². The molecule has 0 unspecified atom stereocenters. The van der Waals surface area contributed by atoms with Crippen molar-refractivity contribution in [2.75, 3.05) is 13.1 Å². The second-order valence-corrected chi connectivity index (χ2v) is 6.83. The van der Waals surface area contributed by atoms with E-state index in [0.29, 0.717) is 11.5 Å². The summed E-state index contributed by atoms with van der Waals surface area (Å²) in [6, 6.07) is 7.16. The molecule has 0 radical (unpaired) electrons. The van der Waals surface area contributed by atoms with Crippen LogP contribution in [0, 0.1) is 5.41 Å². The van der Waals surface area contributed by atoms with Crippen molar-refractivity contribution in [1.82, 2.24) is 4.90 Å². The molecule has 1 aromatic carbocycles. The molecular weight excluding hydrogens is 242 g/mol. The number of hydrogen-bond donors (Lipinski definition) is 0. The highest BCUT2D eigenvalue weighted by molar-refractivity contribution is 6.30. The van der Waals surface area contributed by atoms with Crippen molar-refractivity contribution in [1.29, 1.82) is 0 Å².